The van der Waals surface area contributed by atoms with Crippen molar-refractivity contribution in [2.75, 3.05) is 13.2 Å². The van der Waals surface area contributed by atoms with Crippen molar-refractivity contribution >= 4 is 23.9 Å². The molecule has 2 saturated heterocycles. The van der Waals surface area contributed by atoms with Crippen LogP contribution in [0.5, 0.6) is 0 Å². The van der Waals surface area contributed by atoms with Gasteiger partial charge in [-0.2, -0.15) is 5.10 Å². The van der Waals surface area contributed by atoms with E-state index in [2.05, 4.69) is 10.5 Å². The van der Waals surface area contributed by atoms with Gasteiger partial charge in [0.05, 0.1) is 43.4 Å². The quantitative estimate of drug-likeness (QED) is 0.296. The molecule has 5 aliphatic rings. The smallest absolute Gasteiger partial charge is 0.245 e. The van der Waals surface area contributed by atoms with Gasteiger partial charge in [0.2, 0.25) is 17.7 Å². The molecular formula is C32H29N3O5. The topological polar surface area (TPSA) is 97.3 Å². The summed E-state index contributed by atoms with van der Waals surface area (Å²) in [6.45, 7) is 2.81. The maximum absolute atomic E-state index is 14.3. The van der Waals surface area contributed by atoms with E-state index < -0.39 is 23.0 Å². The molecule has 3 aromatic rings. The van der Waals surface area contributed by atoms with Gasteiger partial charge in [0.1, 0.15) is 0 Å². The standard InChI is InChI=1S/C32H29N3O5/c1-31(39-15-16-40-31)17-25(36)34-33-19-32-23-13-7-5-11-21(23)26(22-12-6-8-14-24(22)32)27-28(32)30(38)35(29(27)37)18-20-9-3-2-4-10-20/h2-14,19,26-28H,15-18H2,1H3,(H,34,36)/b33-19-/t26?,27-,28+,32?/m1/s1. The third-order valence-electron chi connectivity index (χ3n) is 8.80. The molecule has 0 aromatic heterocycles. The predicted molar refractivity (Wildman–Crippen MR) is 146 cm³/mol. The summed E-state index contributed by atoms with van der Waals surface area (Å²) >= 11 is 0. The van der Waals surface area contributed by atoms with Crippen LogP contribution in [0, 0.1) is 11.8 Å². The number of amides is 3. The fraction of sp³-hybridized carbons (Fsp3) is 0.312. The molecule has 1 N–H and O–H groups in total. The zero-order valence-corrected chi connectivity index (χ0v) is 22.1. The van der Waals surface area contributed by atoms with Gasteiger partial charge in [-0.1, -0.05) is 78.9 Å². The number of rotatable bonds is 6. The number of likely N-dealkylation sites (tertiary alicyclic amines) is 1. The summed E-state index contributed by atoms with van der Waals surface area (Å²) in [6, 6.07) is 25.5. The van der Waals surface area contributed by atoms with Crippen LogP contribution in [0.2, 0.25) is 0 Å². The van der Waals surface area contributed by atoms with Crippen molar-refractivity contribution in [3.8, 4) is 0 Å². The number of carbonyl (C=O) groups excluding carboxylic acids is 3. The monoisotopic (exact) mass is 535 g/mol. The minimum Gasteiger partial charge on any atom is -0.347 e. The van der Waals surface area contributed by atoms with Gasteiger partial charge in [0.25, 0.3) is 0 Å². The summed E-state index contributed by atoms with van der Waals surface area (Å²) in [6.07, 6.45) is 1.66. The molecule has 0 unspecified atom stereocenters. The van der Waals surface area contributed by atoms with Crippen LogP contribution in [-0.4, -0.2) is 47.8 Å². The largest absolute Gasteiger partial charge is 0.347 e. The highest BCUT2D eigenvalue weighted by Gasteiger charge is 2.67. The normalized spacial score (nSPS) is 27.5. The van der Waals surface area contributed by atoms with E-state index >= 15 is 0 Å². The first-order chi connectivity index (χ1) is 19.4. The van der Waals surface area contributed by atoms with Crippen LogP contribution in [0.3, 0.4) is 0 Å². The van der Waals surface area contributed by atoms with E-state index in [9.17, 15) is 14.4 Å². The maximum Gasteiger partial charge on any atom is 0.245 e. The van der Waals surface area contributed by atoms with Crippen molar-refractivity contribution in [1.82, 2.24) is 10.3 Å². The fourth-order valence-corrected chi connectivity index (χ4v) is 7.23. The highest BCUT2D eigenvalue weighted by Crippen LogP contribution is 2.63. The van der Waals surface area contributed by atoms with Gasteiger partial charge in [-0.3, -0.25) is 19.3 Å². The van der Waals surface area contributed by atoms with Crippen LogP contribution < -0.4 is 5.43 Å². The Balaban J connectivity index is 1.32. The number of hydrazone groups is 1. The summed E-state index contributed by atoms with van der Waals surface area (Å²) in [5, 5.41) is 4.44. The van der Waals surface area contributed by atoms with E-state index in [0.29, 0.717) is 13.2 Å². The molecule has 2 bridgehead atoms. The lowest BCUT2D eigenvalue weighted by molar-refractivity contribution is -0.159. The zero-order valence-electron chi connectivity index (χ0n) is 22.1. The lowest BCUT2D eigenvalue weighted by Gasteiger charge is -2.52. The molecule has 0 spiro atoms. The second-order valence-electron chi connectivity index (χ2n) is 11.1. The second kappa shape index (κ2) is 9.21. The van der Waals surface area contributed by atoms with Gasteiger partial charge in [0.15, 0.2) is 5.79 Å². The molecule has 2 atom stereocenters. The van der Waals surface area contributed by atoms with Crippen LogP contribution in [0.1, 0.15) is 47.1 Å². The molecule has 8 nitrogen and oxygen atoms in total. The van der Waals surface area contributed by atoms with E-state index in [1.807, 2.05) is 78.9 Å². The van der Waals surface area contributed by atoms with Crippen LogP contribution in [0.25, 0.3) is 0 Å². The SMILES string of the molecule is CC1(CC(=O)N/N=C\C23c4ccccc4C(c4ccccc42)[C@H]2C(=O)N(Cc4ccccc4)C(=O)[C@H]23)OCCO1. The molecule has 3 aliphatic carbocycles. The van der Waals surface area contributed by atoms with Gasteiger partial charge in [-0.15, -0.1) is 0 Å². The number of nitrogens with zero attached hydrogens (tertiary/aromatic N) is 2. The second-order valence-corrected chi connectivity index (χ2v) is 11.1. The minimum atomic E-state index is -1.03. The Morgan fingerprint density at radius 3 is 2.17 bits per heavy atom. The number of imide groups is 1. The summed E-state index contributed by atoms with van der Waals surface area (Å²) in [4.78, 5) is 42.6. The highest BCUT2D eigenvalue weighted by atomic mass is 16.7. The van der Waals surface area contributed by atoms with Crippen molar-refractivity contribution in [2.24, 2.45) is 16.9 Å². The lowest BCUT2D eigenvalue weighted by atomic mass is 9.47. The van der Waals surface area contributed by atoms with Gasteiger partial charge in [-0.05, 0) is 34.7 Å². The van der Waals surface area contributed by atoms with E-state index in [1.165, 1.54) is 4.90 Å². The Morgan fingerprint density at radius 1 is 0.925 bits per heavy atom. The Labute approximate surface area is 232 Å². The summed E-state index contributed by atoms with van der Waals surface area (Å²) in [5.74, 6) is -3.23. The van der Waals surface area contributed by atoms with Crippen LogP contribution in [0.15, 0.2) is 84.0 Å². The molecule has 3 aromatic carbocycles. The van der Waals surface area contributed by atoms with Gasteiger partial charge in [0, 0.05) is 12.1 Å². The third-order valence-corrected chi connectivity index (χ3v) is 8.80. The maximum atomic E-state index is 14.3. The van der Waals surface area contributed by atoms with E-state index in [1.54, 1.807) is 13.1 Å². The van der Waals surface area contributed by atoms with Crippen LogP contribution in [0.4, 0.5) is 0 Å². The average Bonchev–Trinajstić information content (AvgIpc) is 3.51. The van der Waals surface area contributed by atoms with Crippen LogP contribution >= 0.6 is 0 Å². The number of benzene rings is 3. The van der Waals surface area contributed by atoms with Crippen LogP contribution in [-0.2, 0) is 35.8 Å². The number of nitrogens with one attached hydrogen (secondary N) is 1. The Bertz CT molecular complexity index is 1500. The van der Waals surface area contributed by atoms with E-state index in [-0.39, 0.29) is 36.6 Å². The summed E-state index contributed by atoms with van der Waals surface area (Å²) in [7, 11) is 0. The first-order valence-electron chi connectivity index (χ1n) is 13.6. The Morgan fingerprint density at radius 2 is 1.52 bits per heavy atom. The molecule has 2 aliphatic heterocycles. The van der Waals surface area contributed by atoms with Crippen molar-refractivity contribution in [2.45, 2.75) is 37.0 Å². The molecule has 3 amide bonds. The van der Waals surface area contributed by atoms with E-state index in [0.717, 1.165) is 27.8 Å². The molecule has 202 valence electrons. The number of hydrogen-bond donors (Lipinski definition) is 1. The summed E-state index contributed by atoms with van der Waals surface area (Å²) < 4.78 is 11.1. The number of hydrogen-bond acceptors (Lipinski definition) is 6. The molecule has 8 heteroatoms. The molecule has 0 radical (unpaired) electrons. The highest BCUT2D eigenvalue weighted by molar-refractivity contribution is 6.11. The molecule has 2 heterocycles. The van der Waals surface area contributed by atoms with Crippen molar-refractivity contribution < 1.29 is 23.9 Å². The zero-order chi connectivity index (χ0) is 27.5. The number of ether oxygens (including phenoxy) is 2. The minimum absolute atomic E-state index is 0.0130. The summed E-state index contributed by atoms with van der Waals surface area (Å²) in [5.41, 5.74) is 6.42. The first kappa shape index (κ1) is 24.9. The van der Waals surface area contributed by atoms with Crippen molar-refractivity contribution in [1.29, 1.82) is 0 Å². The average molecular weight is 536 g/mol. The van der Waals surface area contributed by atoms with Crippen molar-refractivity contribution in [3.63, 3.8) is 0 Å². The molecule has 0 saturated carbocycles. The molecule has 40 heavy (non-hydrogen) atoms. The van der Waals surface area contributed by atoms with Crippen molar-refractivity contribution in [3.05, 3.63) is 107 Å². The molecular weight excluding hydrogens is 506 g/mol. The lowest BCUT2D eigenvalue weighted by Crippen LogP contribution is -2.54. The number of carbonyl (C=O) groups is 3. The predicted octanol–water partition coefficient (Wildman–Crippen LogP) is 3.49. The van der Waals surface area contributed by atoms with Gasteiger partial charge in [-0.25, -0.2) is 5.43 Å². The third kappa shape index (κ3) is 3.59. The molecule has 8 rings (SSSR count). The molecule has 2 fully saturated rings. The van der Waals surface area contributed by atoms with Gasteiger partial charge < -0.3 is 9.47 Å². The van der Waals surface area contributed by atoms with Gasteiger partial charge >= 0.3 is 0 Å². The Kier molecular flexibility index (Phi) is 5.73. The first-order valence-corrected chi connectivity index (χ1v) is 13.6. The fourth-order valence-electron chi connectivity index (χ4n) is 7.23. The van der Waals surface area contributed by atoms with E-state index in [4.69, 9.17) is 9.47 Å². The Hall–Kier alpha value is -4.14.